The van der Waals surface area contributed by atoms with Crippen LogP contribution in [0.3, 0.4) is 0 Å². The van der Waals surface area contributed by atoms with Crippen molar-refractivity contribution in [2.45, 2.75) is 26.4 Å². The Labute approximate surface area is 154 Å². The molecule has 1 amide bonds. The van der Waals surface area contributed by atoms with Crippen molar-refractivity contribution in [3.8, 4) is 5.75 Å². The first-order chi connectivity index (χ1) is 12.8. The number of hydrogen-bond donors (Lipinski definition) is 1. The van der Waals surface area contributed by atoms with Crippen LogP contribution in [0.1, 0.15) is 19.4 Å². The molecule has 1 N–H and O–H groups in total. The third-order valence-electron chi connectivity index (χ3n) is 3.66. The van der Waals surface area contributed by atoms with Gasteiger partial charge in [0.15, 0.2) is 30.2 Å². The van der Waals surface area contributed by atoms with Crippen molar-refractivity contribution in [3.05, 3.63) is 59.4 Å². The molecule has 8 heteroatoms. The third kappa shape index (κ3) is 5.47. The van der Waals surface area contributed by atoms with Crippen molar-refractivity contribution in [2.75, 3.05) is 11.9 Å². The average molecular weight is 381 g/mol. The zero-order valence-corrected chi connectivity index (χ0v) is 14.7. The van der Waals surface area contributed by atoms with Crippen molar-refractivity contribution < 1.29 is 32.2 Å². The highest BCUT2D eigenvalue weighted by Crippen LogP contribution is 2.20. The monoisotopic (exact) mass is 381 g/mol. The molecule has 0 aromatic heterocycles. The minimum Gasteiger partial charge on any atom is -0.482 e. The molecule has 0 aliphatic heterocycles. The lowest BCUT2D eigenvalue weighted by atomic mass is 10.2. The van der Waals surface area contributed by atoms with Crippen LogP contribution in [0.2, 0.25) is 0 Å². The maximum absolute atomic E-state index is 13.6. The van der Waals surface area contributed by atoms with Gasteiger partial charge < -0.3 is 14.8 Å². The zero-order chi connectivity index (χ0) is 20.0. The first-order valence-electron chi connectivity index (χ1n) is 8.17. The maximum atomic E-state index is 13.6. The fourth-order valence-corrected chi connectivity index (χ4v) is 2.11. The highest BCUT2D eigenvalue weighted by molar-refractivity contribution is 5.95. The Bertz CT molecular complexity index is 824. The lowest BCUT2D eigenvalue weighted by Crippen LogP contribution is -2.32. The summed E-state index contributed by atoms with van der Waals surface area (Å²) in [6, 6.07) is 8.65. The number of aryl methyl sites for hydroxylation is 1. The average Bonchev–Trinajstić information content (AvgIpc) is 2.67. The van der Waals surface area contributed by atoms with Crippen LogP contribution < -0.4 is 10.1 Å². The molecule has 2 rings (SSSR count). The van der Waals surface area contributed by atoms with Gasteiger partial charge in [-0.25, -0.2) is 18.0 Å². The molecule has 0 heterocycles. The molecule has 0 spiro atoms. The van der Waals surface area contributed by atoms with Gasteiger partial charge in [0.25, 0.3) is 5.91 Å². The first-order valence-corrected chi connectivity index (χ1v) is 8.17. The zero-order valence-electron chi connectivity index (χ0n) is 14.7. The van der Waals surface area contributed by atoms with Crippen molar-refractivity contribution >= 4 is 17.6 Å². The summed E-state index contributed by atoms with van der Waals surface area (Å²) < 4.78 is 49.7. The number of nitrogens with one attached hydrogen (secondary N) is 1. The number of esters is 1. The summed E-state index contributed by atoms with van der Waals surface area (Å²) in [7, 11) is 0. The van der Waals surface area contributed by atoms with E-state index in [2.05, 4.69) is 0 Å². The van der Waals surface area contributed by atoms with Crippen molar-refractivity contribution in [1.29, 1.82) is 0 Å². The predicted octanol–water partition coefficient (Wildman–Crippen LogP) is 3.62. The van der Waals surface area contributed by atoms with Crippen molar-refractivity contribution in [3.63, 3.8) is 0 Å². The van der Waals surface area contributed by atoms with Gasteiger partial charge in [-0.15, -0.1) is 0 Å². The Morgan fingerprint density at radius 1 is 1.04 bits per heavy atom. The molecule has 144 valence electrons. The fraction of sp³-hybridized carbons (Fsp3) is 0.263. The van der Waals surface area contributed by atoms with Gasteiger partial charge in [-0.05, 0) is 43.2 Å². The summed E-state index contributed by atoms with van der Waals surface area (Å²) >= 11 is 0. The van der Waals surface area contributed by atoms with Gasteiger partial charge in [0.1, 0.15) is 5.75 Å². The van der Waals surface area contributed by atoms with Gasteiger partial charge in [0.05, 0.1) is 5.69 Å². The van der Waals surface area contributed by atoms with E-state index in [0.29, 0.717) is 11.8 Å². The summed E-state index contributed by atoms with van der Waals surface area (Å²) in [6.07, 6.45) is -0.427. The number of carbonyl (C=O) groups is 2. The highest BCUT2D eigenvalue weighted by Gasteiger charge is 2.21. The molecule has 0 bridgehead atoms. The van der Waals surface area contributed by atoms with Crippen molar-refractivity contribution in [2.24, 2.45) is 0 Å². The van der Waals surface area contributed by atoms with E-state index in [4.69, 9.17) is 9.47 Å². The van der Waals surface area contributed by atoms with Gasteiger partial charge in [-0.3, -0.25) is 4.79 Å². The van der Waals surface area contributed by atoms with Crippen LogP contribution in [0.5, 0.6) is 5.75 Å². The third-order valence-corrected chi connectivity index (χ3v) is 3.66. The molecular formula is C19H18F3NO4. The molecule has 0 aliphatic rings. The number of ether oxygens (including phenoxy) is 2. The number of anilines is 1. The van der Waals surface area contributed by atoms with Crippen molar-refractivity contribution in [1.82, 2.24) is 0 Å². The molecule has 5 nitrogen and oxygen atoms in total. The maximum Gasteiger partial charge on any atom is 0.344 e. The number of rotatable bonds is 7. The van der Waals surface area contributed by atoms with Gasteiger partial charge in [0.2, 0.25) is 0 Å². The normalized spacial score (nSPS) is 11.6. The summed E-state index contributed by atoms with van der Waals surface area (Å²) in [5.41, 5.74) is 0.550. The second-order valence-corrected chi connectivity index (χ2v) is 5.63. The van der Waals surface area contributed by atoms with Gasteiger partial charge in [-0.2, -0.15) is 0 Å². The molecule has 2 aromatic rings. The van der Waals surface area contributed by atoms with Crippen LogP contribution in [-0.4, -0.2) is 24.6 Å². The topological polar surface area (TPSA) is 64.6 Å². The molecule has 0 aliphatic carbocycles. The summed E-state index contributed by atoms with van der Waals surface area (Å²) in [5.74, 6) is -5.89. The smallest absolute Gasteiger partial charge is 0.344 e. The minimum absolute atomic E-state index is 0.428. The molecule has 0 saturated carbocycles. The molecular weight excluding hydrogens is 363 g/mol. The van der Waals surface area contributed by atoms with Gasteiger partial charge in [0, 0.05) is 0 Å². The molecule has 0 radical (unpaired) electrons. The predicted molar refractivity (Wildman–Crippen MR) is 91.8 cm³/mol. The quantitative estimate of drug-likeness (QED) is 0.588. The van der Waals surface area contributed by atoms with E-state index in [9.17, 15) is 22.8 Å². The number of halogens is 3. The number of amides is 1. The molecule has 0 saturated heterocycles. The van der Waals surface area contributed by atoms with Crippen LogP contribution in [0.4, 0.5) is 18.9 Å². The molecule has 0 fully saturated rings. The second-order valence-electron chi connectivity index (χ2n) is 5.63. The van der Waals surface area contributed by atoms with E-state index in [1.165, 1.54) is 6.92 Å². The summed E-state index contributed by atoms with van der Waals surface area (Å²) in [4.78, 5) is 23.7. The Morgan fingerprint density at radius 3 is 2.33 bits per heavy atom. The standard InChI is InChI=1S/C19H18F3NO4/c1-3-12-4-6-13(7-5-12)26-10-16(24)27-11(2)19(25)23-15-9-8-14(20)17(21)18(15)22/h4-9,11H,3,10H2,1-2H3,(H,23,25)/t11-/m1/s1. The van der Waals surface area contributed by atoms with Crippen LogP contribution >= 0.6 is 0 Å². The van der Waals surface area contributed by atoms with Crippen LogP contribution in [0.15, 0.2) is 36.4 Å². The largest absolute Gasteiger partial charge is 0.482 e. The minimum atomic E-state index is -1.71. The molecule has 0 unspecified atom stereocenters. The van der Waals surface area contributed by atoms with E-state index in [-0.39, 0.29) is 0 Å². The SMILES string of the molecule is CCc1ccc(OCC(=O)O[C@H](C)C(=O)Nc2ccc(F)c(F)c2F)cc1. The van der Waals surface area contributed by atoms with Gasteiger partial charge in [-0.1, -0.05) is 19.1 Å². The van der Waals surface area contributed by atoms with E-state index in [0.717, 1.165) is 18.1 Å². The van der Waals surface area contributed by atoms with Crippen LogP contribution in [0.25, 0.3) is 0 Å². The Hall–Kier alpha value is -3.03. The Morgan fingerprint density at radius 2 is 1.70 bits per heavy atom. The summed E-state index contributed by atoms with van der Waals surface area (Å²) in [5, 5.41) is 2.03. The Kier molecular flexibility index (Phi) is 6.81. The molecule has 27 heavy (non-hydrogen) atoms. The molecule has 1 atom stereocenters. The lowest BCUT2D eigenvalue weighted by Gasteiger charge is -2.14. The van der Waals surface area contributed by atoms with Crippen LogP contribution in [0, 0.1) is 17.5 Å². The van der Waals surface area contributed by atoms with E-state index < -0.39 is 47.7 Å². The van der Waals surface area contributed by atoms with Gasteiger partial charge >= 0.3 is 5.97 Å². The van der Waals surface area contributed by atoms with E-state index >= 15 is 0 Å². The molecule has 2 aromatic carbocycles. The number of hydrogen-bond acceptors (Lipinski definition) is 4. The highest BCUT2D eigenvalue weighted by atomic mass is 19.2. The fourth-order valence-electron chi connectivity index (χ4n) is 2.11. The first kappa shape index (κ1) is 20.3. The number of benzene rings is 2. The summed E-state index contributed by atoms with van der Waals surface area (Å²) in [6.45, 7) is 2.83. The Balaban J connectivity index is 1.86. The second kappa shape index (κ2) is 9.07. The number of carbonyl (C=O) groups excluding carboxylic acids is 2. The van der Waals surface area contributed by atoms with E-state index in [1.54, 1.807) is 12.1 Å². The van der Waals surface area contributed by atoms with Crippen LogP contribution in [-0.2, 0) is 20.7 Å². The van der Waals surface area contributed by atoms with E-state index in [1.807, 2.05) is 24.4 Å². The lowest BCUT2D eigenvalue weighted by molar-refractivity contribution is -0.155.